The fraction of sp³-hybridized carbons (Fsp3) is 0.250. The van der Waals surface area contributed by atoms with Gasteiger partial charge in [0.05, 0.1) is 17.8 Å². The molecule has 0 bridgehead atoms. The lowest BCUT2D eigenvalue weighted by Gasteiger charge is -2.17. The maximum atomic E-state index is 4.43. The van der Waals surface area contributed by atoms with Crippen molar-refractivity contribution >= 4 is 5.52 Å². The first kappa shape index (κ1) is 12.8. The molecule has 3 aromatic heterocycles. The van der Waals surface area contributed by atoms with E-state index in [-0.39, 0.29) is 6.04 Å². The number of pyridine rings is 2. The third kappa shape index (κ3) is 2.30. The standard InChI is InChI=1S/C16H18N4/c1-3-18-16(13-8-12(2)9-17-10-13)14-11-19-20-7-5-4-6-15(14)20/h4-11,16,18H,3H2,1-2H3. The van der Waals surface area contributed by atoms with Crippen LogP contribution in [0.4, 0.5) is 0 Å². The highest BCUT2D eigenvalue weighted by molar-refractivity contribution is 5.57. The number of hydrogen-bond donors (Lipinski definition) is 1. The van der Waals surface area contributed by atoms with Gasteiger partial charge in [-0.15, -0.1) is 0 Å². The number of aromatic nitrogens is 3. The molecule has 0 fully saturated rings. The Morgan fingerprint density at radius 1 is 1.25 bits per heavy atom. The van der Waals surface area contributed by atoms with Crippen LogP contribution in [0.3, 0.4) is 0 Å². The van der Waals surface area contributed by atoms with Gasteiger partial charge in [0.2, 0.25) is 0 Å². The number of nitrogens with one attached hydrogen (secondary N) is 1. The molecule has 4 nitrogen and oxygen atoms in total. The zero-order valence-electron chi connectivity index (χ0n) is 11.7. The van der Waals surface area contributed by atoms with E-state index in [0.29, 0.717) is 0 Å². The van der Waals surface area contributed by atoms with Crippen LogP contribution < -0.4 is 5.32 Å². The molecule has 0 aliphatic rings. The van der Waals surface area contributed by atoms with E-state index in [9.17, 15) is 0 Å². The van der Waals surface area contributed by atoms with E-state index in [4.69, 9.17) is 0 Å². The van der Waals surface area contributed by atoms with Crippen molar-refractivity contribution in [2.75, 3.05) is 6.54 Å². The maximum Gasteiger partial charge on any atom is 0.0712 e. The van der Waals surface area contributed by atoms with Crippen molar-refractivity contribution in [3.63, 3.8) is 0 Å². The molecule has 20 heavy (non-hydrogen) atoms. The minimum absolute atomic E-state index is 0.118. The van der Waals surface area contributed by atoms with Gasteiger partial charge in [-0.25, -0.2) is 4.52 Å². The zero-order chi connectivity index (χ0) is 13.9. The summed E-state index contributed by atoms with van der Waals surface area (Å²) in [5.74, 6) is 0. The summed E-state index contributed by atoms with van der Waals surface area (Å²) >= 11 is 0. The smallest absolute Gasteiger partial charge is 0.0712 e. The average molecular weight is 266 g/mol. The zero-order valence-corrected chi connectivity index (χ0v) is 11.7. The Morgan fingerprint density at radius 3 is 2.95 bits per heavy atom. The van der Waals surface area contributed by atoms with Gasteiger partial charge in [-0.2, -0.15) is 5.10 Å². The molecule has 0 aliphatic heterocycles. The molecule has 0 spiro atoms. The second-order valence-corrected chi connectivity index (χ2v) is 4.92. The van der Waals surface area contributed by atoms with E-state index < -0.39 is 0 Å². The fourth-order valence-electron chi connectivity index (χ4n) is 2.52. The van der Waals surface area contributed by atoms with Crippen LogP contribution in [0.5, 0.6) is 0 Å². The highest BCUT2D eigenvalue weighted by atomic mass is 15.2. The largest absolute Gasteiger partial charge is 0.306 e. The molecular weight excluding hydrogens is 248 g/mol. The number of aryl methyl sites for hydroxylation is 1. The lowest BCUT2D eigenvalue weighted by atomic mass is 10.0. The number of nitrogens with zero attached hydrogens (tertiary/aromatic N) is 3. The molecule has 3 aromatic rings. The molecule has 0 saturated heterocycles. The first-order chi connectivity index (χ1) is 9.79. The van der Waals surface area contributed by atoms with E-state index in [0.717, 1.165) is 12.1 Å². The summed E-state index contributed by atoms with van der Waals surface area (Å²) in [6.07, 6.45) is 7.71. The molecule has 3 rings (SSSR count). The third-order valence-corrected chi connectivity index (χ3v) is 3.40. The van der Waals surface area contributed by atoms with Crippen LogP contribution in [0.2, 0.25) is 0 Å². The fourth-order valence-corrected chi connectivity index (χ4v) is 2.52. The quantitative estimate of drug-likeness (QED) is 0.789. The predicted octanol–water partition coefficient (Wildman–Crippen LogP) is 2.74. The summed E-state index contributed by atoms with van der Waals surface area (Å²) in [6, 6.07) is 8.41. The van der Waals surface area contributed by atoms with Crippen LogP contribution in [0.1, 0.15) is 29.7 Å². The summed E-state index contributed by atoms with van der Waals surface area (Å²) in [4.78, 5) is 4.31. The minimum atomic E-state index is 0.118. The summed E-state index contributed by atoms with van der Waals surface area (Å²) in [5, 5.41) is 7.95. The van der Waals surface area contributed by atoms with Crippen molar-refractivity contribution in [1.29, 1.82) is 0 Å². The van der Waals surface area contributed by atoms with E-state index >= 15 is 0 Å². The van der Waals surface area contributed by atoms with Crippen molar-refractivity contribution in [3.8, 4) is 0 Å². The molecule has 0 amide bonds. The Labute approximate surface area is 118 Å². The first-order valence-electron chi connectivity index (χ1n) is 6.87. The van der Waals surface area contributed by atoms with Crippen LogP contribution >= 0.6 is 0 Å². The summed E-state index contributed by atoms with van der Waals surface area (Å²) in [7, 11) is 0. The van der Waals surface area contributed by atoms with Crippen LogP contribution in [-0.2, 0) is 0 Å². The van der Waals surface area contributed by atoms with Gasteiger partial charge < -0.3 is 5.32 Å². The third-order valence-electron chi connectivity index (χ3n) is 3.40. The second-order valence-electron chi connectivity index (χ2n) is 4.92. The first-order valence-corrected chi connectivity index (χ1v) is 6.87. The molecule has 0 aromatic carbocycles. The molecule has 0 aliphatic carbocycles. The highest BCUT2D eigenvalue weighted by Gasteiger charge is 2.17. The monoisotopic (exact) mass is 266 g/mol. The minimum Gasteiger partial charge on any atom is -0.306 e. The Kier molecular flexibility index (Phi) is 3.48. The Balaban J connectivity index is 2.11. The highest BCUT2D eigenvalue weighted by Crippen LogP contribution is 2.25. The van der Waals surface area contributed by atoms with Crippen molar-refractivity contribution in [2.45, 2.75) is 19.9 Å². The second kappa shape index (κ2) is 5.43. The van der Waals surface area contributed by atoms with Crippen molar-refractivity contribution in [1.82, 2.24) is 19.9 Å². The molecule has 102 valence electrons. The van der Waals surface area contributed by atoms with Gasteiger partial charge in [-0.3, -0.25) is 4.98 Å². The summed E-state index contributed by atoms with van der Waals surface area (Å²) in [6.45, 7) is 5.07. The molecular formula is C16H18N4. The van der Waals surface area contributed by atoms with Crippen LogP contribution in [0.15, 0.2) is 49.1 Å². The number of fused-ring (bicyclic) bond motifs is 1. The van der Waals surface area contributed by atoms with Crippen molar-refractivity contribution < 1.29 is 0 Å². The lowest BCUT2D eigenvalue weighted by molar-refractivity contribution is 0.631. The predicted molar refractivity (Wildman–Crippen MR) is 79.7 cm³/mol. The Bertz CT molecular complexity index is 717. The van der Waals surface area contributed by atoms with Crippen LogP contribution in [0.25, 0.3) is 5.52 Å². The van der Waals surface area contributed by atoms with Crippen LogP contribution in [-0.4, -0.2) is 21.1 Å². The van der Waals surface area contributed by atoms with Gasteiger partial charge in [-0.05, 0) is 36.7 Å². The van der Waals surface area contributed by atoms with E-state index in [1.54, 1.807) is 0 Å². The van der Waals surface area contributed by atoms with Gasteiger partial charge in [0, 0.05) is 24.2 Å². The summed E-state index contributed by atoms with van der Waals surface area (Å²) < 4.78 is 1.91. The van der Waals surface area contributed by atoms with Gasteiger partial charge in [-0.1, -0.05) is 19.1 Å². The number of rotatable bonds is 4. The van der Waals surface area contributed by atoms with E-state index in [2.05, 4.69) is 41.4 Å². The topological polar surface area (TPSA) is 42.2 Å². The van der Waals surface area contributed by atoms with Crippen LogP contribution in [0, 0.1) is 6.92 Å². The van der Waals surface area contributed by atoms with Gasteiger partial charge in [0.15, 0.2) is 0 Å². The maximum absolute atomic E-state index is 4.43. The van der Waals surface area contributed by atoms with Gasteiger partial charge in [0.25, 0.3) is 0 Å². The summed E-state index contributed by atoms with van der Waals surface area (Å²) in [5.41, 5.74) is 4.65. The van der Waals surface area contributed by atoms with E-state index in [1.165, 1.54) is 16.7 Å². The van der Waals surface area contributed by atoms with Crippen molar-refractivity contribution in [2.24, 2.45) is 0 Å². The van der Waals surface area contributed by atoms with Crippen molar-refractivity contribution in [3.05, 3.63) is 65.7 Å². The van der Waals surface area contributed by atoms with Gasteiger partial charge >= 0.3 is 0 Å². The normalized spacial score (nSPS) is 12.7. The molecule has 1 unspecified atom stereocenters. The molecule has 4 heteroatoms. The van der Waals surface area contributed by atoms with Gasteiger partial charge in [0.1, 0.15) is 0 Å². The SMILES string of the molecule is CCNC(c1cncc(C)c1)c1cnn2ccccc12. The molecule has 1 N–H and O–H groups in total. The van der Waals surface area contributed by atoms with E-state index in [1.807, 2.05) is 41.4 Å². The number of hydrogen-bond acceptors (Lipinski definition) is 3. The Morgan fingerprint density at radius 2 is 2.15 bits per heavy atom. The molecule has 0 radical (unpaired) electrons. The molecule has 3 heterocycles. The molecule has 0 saturated carbocycles. The molecule has 1 atom stereocenters. The average Bonchev–Trinajstić information content (AvgIpc) is 2.88. The lowest BCUT2D eigenvalue weighted by Crippen LogP contribution is -2.22. The Hall–Kier alpha value is -2.20.